The Morgan fingerprint density at radius 1 is 0.976 bits per heavy atom. The summed E-state index contributed by atoms with van der Waals surface area (Å²) in [5.41, 5.74) is 6.90. The van der Waals surface area contributed by atoms with Gasteiger partial charge in [-0.2, -0.15) is 0 Å². The predicted octanol–water partition coefficient (Wildman–Crippen LogP) is 6.04. The number of rotatable bonds is 10. The number of carbonyl (C=O) groups excluding carboxylic acids is 1. The van der Waals surface area contributed by atoms with Crippen LogP contribution in [0.3, 0.4) is 0 Å². The molecule has 0 radical (unpaired) electrons. The first-order valence-electron chi connectivity index (χ1n) is 14.8. The second kappa shape index (κ2) is 12.4. The maximum Gasteiger partial charge on any atom is 0.309 e. The van der Waals surface area contributed by atoms with E-state index < -0.39 is 17.9 Å². The molecule has 1 saturated heterocycles. The van der Waals surface area contributed by atoms with Gasteiger partial charge in [0.25, 0.3) is 0 Å². The zero-order chi connectivity index (χ0) is 30.0. The average molecular weight is 573 g/mol. The summed E-state index contributed by atoms with van der Waals surface area (Å²) < 4.78 is 16.8. The van der Waals surface area contributed by atoms with Crippen LogP contribution in [0.15, 0.2) is 48.5 Å². The minimum atomic E-state index is -0.904. The third-order valence-corrected chi connectivity index (χ3v) is 8.40. The van der Waals surface area contributed by atoms with Crippen molar-refractivity contribution < 1.29 is 28.9 Å². The molecule has 3 aromatic carbocycles. The van der Waals surface area contributed by atoms with Gasteiger partial charge in [-0.05, 0) is 85.7 Å². The van der Waals surface area contributed by atoms with Gasteiger partial charge in [-0.15, -0.1) is 0 Å². The molecule has 0 aromatic heterocycles. The van der Waals surface area contributed by atoms with Crippen molar-refractivity contribution in [2.24, 2.45) is 5.92 Å². The molecule has 8 nitrogen and oxygen atoms in total. The van der Waals surface area contributed by atoms with Gasteiger partial charge in [0.1, 0.15) is 5.75 Å². The van der Waals surface area contributed by atoms with Crippen LogP contribution in [0.25, 0.3) is 0 Å². The number of nitrogens with zero attached hydrogens (tertiary/aromatic N) is 1. The standard InChI is InChI=1S/C34H40N2O6/c1-6-22-13-20(4)14-23(7-2)32(22)35-30(37)18-36-17-27(26-16-29-28(15-21(26)5)41-19-42-29)31(34(38)39)33(36)24-9-11-25(12-10-24)40-8-3/h9-16,27,31,33H,6-8,17-19H2,1-5H3,(H,35,37)(H,38,39)/t27-,31?,33+/m1/s1. The number of amides is 1. The van der Waals surface area contributed by atoms with Crippen LogP contribution in [0.2, 0.25) is 0 Å². The van der Waals surface area contributed by atoms with Crippen molar-refractivity contribution >= 4 is 17.6 Å². The molecule has 222 valence electrons. The predicted molar refractivity (Wildman–Crippen MR) is 162 cm³/mol. The number of carboxylic acid groups (broad SMARTS) is 1. The zero-order valence-corrected chi connectivity index (χ0v) is 25.0. The van der Waals surface area contributed by atoms with E-state index in [1.54, 1.807) is 0 Å². The van der Waals surface area contributed by atoms with E-state index in [1.807, 2.05) is 55.1 Å². The number of ether oxygens (including phenoxy) is 3. The number of carboxylic acids is 1. The number of carbonyl (C=O) groups is 2. The highest BCUT2D eigenvalue weighted by Gasteiger charge is 2.48. The number of fused-ring (bicyclic) bond motifs is 1. The zero-order valence-electron chi connectivity index (χ0n) is 25.0. The maximum absolute atomic E-state index is 13.7. The Labute approximate surface area is 247 Å². The van der Waals surface area contributed by atoms with Crippen LogP contribution in [0.1, 0.15) is 66.1 Å². The molecule has 5 rings (SSSR count). The summed E-state index contributed by atoms with van der Waals surface area (Å²) >= 11 is 0. The molecule has 1 amide bonds. The molecule has 42 heavy (non-hydrogen) atoms. The highest BCUT2D eigenvalue weighted by atomic mass is 16.7. The van der Waals surface area contributed by atoms with Gasteiger partial charge < -0.3 is 24.6 Å². The van der Waals surface area contributed by atoms with Crippen LogP contribution in [0.4, 0.5) is 5.69 Å². The molecule has 2 aliphatic rings. The third kappa shape index (κ3) is 5.81. The minimum Gasteiger partial charge on any atom is -0.494 e. The number of anilines is 1. The van der Waals surface area contributed by atoms with Crippen molar-refractivity contribution in [1.29, 1.82) is 0 Å². The van der Waals surface area contributed by atoms with Crippen molar-refractivity contribution in [3.63, 3.8) is 0 Å². The van der Waals surface area contributed by atoms with E-state index in [2.05, 4.69) is 38.2 Å². The fraction of sp³-hybridized carbons (Fsp3) is 0.412. The van der Waals surface area contributed by atoms with Crippen molar-refractivity contribution in [3.05, 3.63) is 81.9 Å². The van der Waals surface area contributed by atoms with Gasteiger partial charge in [-0.3, -0.25) is 14.5 Å². The van der Waals surface area contributed by atoms with Crippen LogP contribution in [-0.2, 0) is 22.4 Å². The number of benzene rings is 3. The number of hydrogen-bond acceptors (Lipinski definition) is 6. The topological polar surface area (TPSA) is 97.3 Å². The Balaban J connectivity index is 1.51. The van der Waals surface area contributed by atoms with Gasteiger partial charge >= 0.3 is 5.97 Å². The quantitative estimate of drug-likeness (QED) is 0.306. The second-order valence-corrected chi connectivity index (χ2v) is 11.1. The molecule has 2 aliphatic heterocycles. The van der Waals surface area contributed by atoms with Crippen LogP contribution in [-0.4, -0.2) is 48.4 Å². The summed E-state index contributed by atoms with van der Waals surface area (Å²) in [6, 6.07) is 15.1. The lowest BCUT2D eigenvalue weighted by molar-refractivity contribution is -0.143. The van der Waals surface area contributed by atoms with E-state index in [0.29, 0.717) is 24.7 Å². The van der Waals surface area contributed by atoms with Gasteiger partial charge in [-0.25, -0.2) is 0 Å². The van der Waals surface area contributed by atoms with Gasteiger partial charge in [0.15, 0.2) is 11.5 Å². The molecule has 0 aliphatic carbocycles. The smallest absolute Gasteiger partial charge is 0.309 e. The number of aliphatic carboxylic acids is 1. The minimum absolute atomic E-state index is 0.0575. The normalized spacial score (nSPS) is 19.6. The lowest BCUT2D eigenvalue weighted by atomic mass is 9.81. The molecular formula is C34H40N2O6. The molecule has 0 saturated carbocycles. The molecular weight excluding hydrogens is 532 g/mol. The molecule has 3 atom stereocenters. The van der Waals surface area contributed by atoms with Crippen molar-refractivity contribution in [1.82, 2.24) is 4.90 Å². The van der Waals surface area contributed by atoms with Crippen LogP contribution >= 0.6 is 0 Å². The molecule has 0 spiro atoms. The molecule has 1 fully saturated rings. The van der Waals surface area contributed by atoms with E-state index in [-0.39, 0.29) is 25.2 Å². The second-order valence-electron chi connectivity index (χ2n) is 11.1. The summed E-state index contributed by atoms with van der Waals surface area (Å²) in [4.78, 5) is 28.7. The number of nitrogens with one attached hydrogen (secondary N) is 1. The molecule has 2 N–H and O–H groups in total. The Kier molecular flexibility index (Phi) is 8.73. The molecule has 3 aromatic rings. The fourth-order valence-corrected chi connectivity index (χ4v) is 6.52. The van der Waals surface area contributed by atoms with E-state index in [4.69, 9.17) is 14.2 Å². The third-order valence-electron chi connectivity index (χ3n) is 8.40. The monoisotopic (exact) mass is 572 g/mol. The van der Waals surface area contributed by atoms with E-state index in [0.717, 1.165) is 52.1 Å². The highest BCUT2D eigenvalue weighted by molar-refractivity contribution is 5.94. The summed E-state index contributed by atoms with van der Waals surface area (Å²) in [6.07, 6.45) is 1.60. The van der Waals surface area contributed by atoms with Crippen molar-refractivity contribution in [2.75, 3.05) is 31.8 Å². The first-order valence-corrected chi connectivity index (χ1v) is 14.8. The summed E-state index contributed by atoms with van der Waals surface area (Å²) in [6.45, 7) is 11.3. The Morgan fingerprint density at radius 2 is 1.62 bits per heavy atom. The van der Waals surface area contributed by atoms with Gasteiger partial charge in [0.2, 0.25) is 12.7 Å². The first kappa shape index (κ1) is 29.5. The van der Waals surface area contributed by atoms with Crippen LogP contribution < -0.4 is 19.5 Å². The van der Waals surface area contributed by atoms with Crippen LogP contribution in [0.5, 0.6) is 17.2 Å². The number of likely N-dealkylation sites (tertiary alicyclic amines) is 1. The van der Waals surface area contributed by atoms with Gasteiger partial charge in [0, 0.05) is 24.2 Å². The largest absolute Gasteiger partial charge is 0.494 e. The van der Waals surface area contributed by atoms with Gasteiger partial charge in [0.05, 0.1) is 19.1 Å². The van der Waals surface area contributed by atoms with Crippen molar-refractivity contribution in [2.45, 2.75) is 59.4 Å². The Hall–Kier alpha value is -4.04. The van der Waals surface area contributed by atoms with Gasteiger partial charge in [-0.1, -0.05) is 43.7 Å². The summed E-state index contributed by atoms with van der Waals surface area (Å²) in [5, 5.41) is 13.8. The average Bonchev–Trinajstić information content (AvgIpc) is 3.57. The van der Waals surface area contributed by atoms with E-state index in [1.165, 1.54) is 5.56 Å². The Bertz CT molecular complexity index is 1440. The molecule has 1 unspecified atom stereocenters. The van der Waals surface area contributed by atoms with Crippen LogP contribution in [0, 0.1) is 19.8 Å². The number of hydrogen-bond donors (Lipinski definition) is 2. The summed E-state index contributed by atoms with van der Waals surface area (Å²) in [7, 11) is 0. The maximum atomic E-state index is 13.7. The molecule has 2 heterocycles. The number of aryl methyl sites for hydroxylation is 4. The highest BCUT2D eigenvalue weighted by Crippen LogP contribution is 2.49. The summed E-state index contributed by atoms with van der Waals surface area (Å²) in [5.74, 6) is -0.212. The first-order chi connectivity index (χ1) is 20.2. The van der Waals surface area contributed by atoms with Crippen molar-refractivity contribution in [3.8, 4) is 17.2 Å². The van der Waals surface area contributed by atoms with E-state index in [9.17, 15) is 14.7 Å². The lowest BCUT2D eigenvalue weighted by Crippen LogP contribution is -2.35. The fourth-order valence-electron chi connectivity index (χ4n) is 6.52. The molecule has 8 heteroatoms. The lowest BCUT2D eigenvalue weighted by Gasteiger charge is -2.27. The molecule has 0 bridgehead atoms. The SMILES string of the molecule is CCOc1ccc([C@H]2C(C(=O)O)[C@@H](c3cc4c(cc3C)OCO4)CN2CC(=O)Nc2c(CC)cc(C)cc2CC)cc1. The Morgan fingerprint density at radius 3 is 2.21 bits per heavy atom. The van der Waals surface area contributed by atoms with E-state index >= 15 is 0 Å².